The third-order valence-electron chi connectivity index (χ3n) is 5.85. The molecule has 0 aliphatic carbocycles. The van der Waals surface area contributed by atoms with E-state index in [1.54, 1.807) is 32.9 Å². The van der Waals surface area contributed by atoms with Crippen LogP contribution in [0.25, 0.3) is 0 Å². The van der Waals surface area contributed by atoms with Gasteiger partial charge in [-0.2, -0.15) is 0 Å². The van der Waals surface area contributed by atoms with Gasteiger partial charge in [-0.05, 0) is 57.0 Å². The number of hydrogen-bond donors (Lipinski definition) is 3. The van der Waals surface area contributed by atoms with Crippen LogP contribution in [0.5, 0.6) is 5.75 Å². The number of aliphatic carboxylic acids is 1. The van der Waals surface area contributed by atoms with E-state index in [9.17, 15) is 24.3 Å². The van der Waals surface area contributed by atoms with Crippen LogP contribution in [0, 0.1) is 5.41 Å². The minimum atomic E-state index is -1.16. The summed E-state index contributed by atoms with van der Waals surface area (Å²) in [5.41, 5.74) is 5.77. The summed E-state index contributed by atoms with van der Waals surface area (Å²) >= 11 is 0. The van der Waals surface area contributed by atoms with Crippen LogP contribution < -0.4 is 10.5 Å². The summed E-state index contributed by atoms with van der Waals surface area (Å²) in [6.07, 6.45) is 2.02. The van der Waals surface area contributed by atoms with Gasteiger partial charge in [0.1, 0.15) is 17.2 Å². The molecule has 2 aromatic rings. The molecule has 1 aliphatic rings. The number of benzene rings is 1. The summed E-state index contributed by atoms with van der Waals surface area (Å²) in [5.74, 6) is -3.74. The van der Waals surface area contributed by atoms with Crippen molar-refractivity contribution in [2.24, 2.45) is 5.73 Å². The Morgan fingerprint density at radius 3 is 2.51 bits per heavy atom. The van der Waals surface area contributed by atoms with Gasteiger partial charge in [0.2, 0.25) is 0 Å². The number of nitrogens with one attached hydrogen (secondary N) is 1. The molecule has 2 atom stereocenters. The minimum Gasteiger partial charge on any atom is -0.481 e. The van der Waals surface area contributed by atoms with Crippen LogP contribution in [0.2, 0.25) is 0 Å². The zero-order chi connectivity index (χ0) is 28.9. The van der Waals surface area contributed by atoms with Crippen molar-refractivity contribution in [2.45, 2.75) is 58.4 Å². The number of amidine groups is 1. The van der Waals surface area contributed by atoms with E-state index in [2.05, 4.69) is 4.98 Å². The van der Waals surface area contributed by atoms with Gasteiger partial charge in [-0.25, -0.2) is 4.79 Å². The molecular formula is C27H33N5O7. The Morgan fingerprint density at radius 2 is 1.95 bits per heavy atom. The molecule has 1 aliphatic heterocycles. The lowest BCUT2D eigenvalue weighted by molar-refractivity contribution is -0.169. The summed E-state index contributed by atoms with van der Waals surface area (Å²) in [7, 11) is 0. The molecule has 3 rings (SSSR count). The van der Waals surface area contributed by atoms with Gasteiger partial charge in [-0.1, -0.05) is 13.0 Å². The predicted octanol–water partition coefficient (Wildman–Crippen LogP) is 2.32. The normalized spacial score (nSPS) is 16.6. The van der Waals surface area contributed by atoms with E-state index in [-0.39, 0.29) is 35.8 Å². The Bertz CT molecular complexity index is 1260. The van der Waals surface area contributed by atoms with Crippen LogP contribution in [-0.2, 0) is 19.1 Å². The van der Waals surface area contributed by atoms with E-state index < -0.39 is 48.0 Å². The molecule has 0 bridgehead atoms. The van der Waals surface area contributed by atoms with Gasteiger partial charge in [-0.3, -0.25) is 29.7 Å². The van der Waals surface area contributed by atoms with Crippen molar-refractivity contribution >= 4 is 29.6 Å². The number of carboxylic acids is 1. The number of rotatable bonds is 10. The number of carboxylic acid groups (broad SMARTS) is 1. The highest BCUT2D eigenvalue weighted by Gasteiger charge is 2.44. The molecule has 4 N–H and O–H groups in total. The van der Waals surface area contributed by atoms with E-state index in [0.717, 1.165) is 0 Å². The second-order valence-corrected chi connectivity index (χ2v) is 10.1. The van der Waals surface area contributed by atoms with Crippen molar-refractivity contribution in [3.8, 4) is 5.75 Å². The maximum Gasteiger partial charge on any atom is 0.338 e. The second-order valence-electron chi connectivity index (χ2n) is 10.1. The average molecular weight is 540 g/mol. The van der Waals surface area contributed by atoms with Gasteiger partial charge in [0.05, 0.1) is 30.1 Å². The van der Waals surface area contributed by atoms with Gasteiger partial charge < -0.3 is 25.2 Å². The standard InChI is InChI=1S/C27H33N5O7/c1-5-11-31-21(38-20-9-8-16(12-18(20)23(28)29)26(37)39-27(2,3)4)15-32(25(36)24(31)35)19(13-22(33)34)17-7-6-10-30-14-17/h6-10,12,14,19,21H,5,11,13,15H2,1-4H3,(H3,28,29)(H,33,34). The van der Waals surface area contributed by atoms with Crippen LogP contribution >= 0.6 is 0 Å². The molecule has 1 aromatic heterocycles. The molecule has 0 radical (unpaired) electrons. The van der Waals surface area contributed by atoms with Crippen LogP contribution in [0.15, 0.2) is 42.7 Å². The number of piperazine rings is 1. The molecule has 12 nitrogen and oxygen atoms in total. The highest BCUT2D eigenvalue weighted by molar-refractivity contribution is 6.35. The highest BCUT2D eigenvalue weighted by Crippen LogP contribution is 2.30. The fourth-order valence-electron chi connectivity index (χ4n) is 4.18. The number of pyridine rings is 1. The monoisotopic (exact) mass is 539 g/mol. The molecule has 1 fully saturated rings. The number of nitrogens with zero attached hydrogens (tertiary/aromatic N) is 3. The number of carbonyl (C=O) groups is 4. The summed E-state index contributed by atoms with van der Waals surface area (Å²) in [6, 6.07) is 6.55. The maximum atomic E-state index is 13.2. The summed E-state index contributed by atoms with van der Waals surface area (Å²) in [6.45, 7) is 7.07. The number of carbonyl (C=O) groups excluding carboxylic acids is 3. The first-order valence-corrected chi connectivity index (χ1v) is 12.4. The lowest BCUT2D eigenvalue weighted by Gasteiger charge is -2.43. The summed E-state index contributed by atoms with van der Waals surface area (Å²) in [4.78, 5) is 57.1. The first kappa shape index (κ1) is 29.1. The molecular weight excluding hydrogens is 506 g/mol. The van der Waals surface area contributed by atoms with Gasteiger partial charge in [-0.15, -0.1) is 0 Å². The Hall–Kier alpha value is -4.48. The van der Waals surface area contributed by atoms with Crippen LogP contribution in [0.3, 0.4) is 0 Å². The number of nitrogen functional groups attached to an aromatic ring is 1. The van der Waals surface area contributed by atoms with E-state index in [1.165, 1.54) is 40.4 Å². The molecule has 1 aromatic carbocycles. The van der Waals surface area contributed by atoms with Gasteiger partial charge in [0, 0.05) is 18.9 Å². The van der Waals surface area contributed by atoms with E-state index >= 15 is 0 Å². The van der Waals surface area contributed by atoms with Gasteiger partial charge in [0.15, 0.2) is 6.23 Å². The smallest absolute Gasteiger partial charge is 0.338 e. The Morgan fingerprint density at radius 1 is 1.23 bits per heavy atom. The Labute approximate surface area is 226 Å². The lowest BCUT2D eigenvalue weighted by atomic mass is 10.0. The SMILES string of the molecule is CCCN1C(=O)C(=O)N(C(CC(=O)O)c2cccnc2)CC1Oc1ccc(C(=O)OC(C)(C)C)cc1C(=N)N. The maximum absolute atomic E-state index is 13.2. The van der Waals surface area contributed by atoms with Crippen LogP contribution in [0.4, 0.5) is 0 Å². The zero-order valence-electron chi connectivity index (χ0n) is 22.3. The van der Waals surface area contributed by atoms with E-state index in [4.69, 9.17) is 20.6 Å². The van der Waals surface area contributed by atoms with Crippen molar-refractivity contribution in [2.75, 3.05) is 13.1 Å². The summed E-state index contributed by atoms with van der Waals surface area (Å²) in [5, 5.41) is 17.6. The predicted molar refractivity (Wildman–Crippen MR) is 140 cm³/mol. The Balaban J connectivity index is 1.99. The first-order valence-electron chi connectivity index (χ1n) is 12.4. The third-order valence-corrected chi connectivity index (χ3v) is 5.85. The quantitative estimate of drug-likeness (QED) is 0.177. The van der Waals surface area contributed by atoms with Crippen molar-refractivity contribution in [3.05, 3.63) is 59.4 Å². The van der Waals surface area contributed by atoms with E-state index in [0.29, 0.717) is 12.0 Å². The Kier molecular flexibility index (Phi) is 8.89. The topological polar surface area (TPSA) is 176 Å². The lowest BCUT2D eigenvalue weighted by Crippen LogP contribution is -2.62. The molecule has 2 heterocycles. The van der Waals surface area contributed by atoms with Crippen LogP contribution in [-0.4, -0.2) is 74.4 Å². The fourth-order valence-corrected chi connectivity index (χ4v) is 4.18. The number of aromatic nitrogens is 1. The molecule has 0 saturated carbocycles. The zero-order valence-corrected chi connectivity index (χ0v) is 22.3. The molecule has 2 amide bonds. The van der Waals surface area contributed by atoms with Crippen molar-refractivity contribution in [1.29, 1.82) is 5.41 Å². The average Bonchev–Trinajstić information content (AvgIpc) is 2.86. The number of esters is 1. The van der Waals surface area contributed by atoms with Crippen LogP contribution in [0.1, 0.15) is 68.1 Å². The largest absolute Gasteiger partial charge is 0.481 e. The number of hydrogen-bond acceptors (Lipinski definition) is 8. The number of nitrogens with two attached hydrogens (primary N) is 1. The first-order chi connectivity index (χ1) is 18.3. The molecule has 208 valence electrons. The van der Waals surface area contributed by atoms with Crippen molar-refractivity contribution < 1.29 is 33.8 Å². The number of amides is 2. The number of ether oxygens (including phenoxy) is 2. The molecule has 0 spiro atoms. The molecule has 1 saturated heterocycles. The van der Waals surface area contributed by atoms with Crippen molar-refractivity contribution in [3.63, 3.8) is 0 Å². The van der Waals surface area contributed by atoms with E-state index in [1.807, 2.05) is 6.92 Å². The van der Waals surface area contributed by atoms with Crippen molar-refractivity contribution in [1.82, 2.24) is 14.8 Å². The summed E-state index contributed by atoms with van der Waals surface area (Å²) < 4.78 is 11.6. The minimum absolute atomic E-state index is 0.0973. The molecule has 2 unspecified atom stereocenters. The highest BCUT2D eigenvalue weighted by atomic mass is 16.6. The van der Waals surface area contributed by atoms with Gasteiger partial charge >= 0.3 is 23.8 Å². The fraction of sp³-hybridized carbons (Fsp3) is 0.407. The second kappa shape index (κ2) is 11.9. The third kappa shape index (κ3) is 7.09. The van der Waals surface area contributed by atoms with Gasteiger partial charge in [0.25, 0.3) is 0 Å². The molecule has 12 heteroatoms. The molecule has 39 heavy (non-hydrogen) atoms.